The Labute approximate surface area is 105 Å². The van der Waals surface area contributed by atoms with Gasteiger partial charge in [-0.2, -0.15) is 0 Å². The van der Waals surface area contributed by atoms with Crippen molar-refractivity contribution in [3.63, 3.8) is 0 Å². The van der Waals surface area contributed by atoms with Gasteiger partial charge >= 0.3 is 0 Å². The highest BCUT2D eigenvalue weighted by Crippen LogP contribution is 2.57. The van der Waals surface area contributed by atoms with Crippen LogP contribution in [-0.4, -0.2) is 17.6 Å². The first kappa shape index (κ1) is 10.8. The van der Waals surface area contributed by atoms with Gasteiger partial charge < -0.3 is 4.74 Å². The Morgan fingerprint density at radius 3 is 2.81 bits per heavy atom. The molecule has 2 aliphatic rings. The van der Waals surface area contributed by atoms with Crippen molar-refractivity contribution >= 4 is 23.5 Å². The van der Waals surface area contributed by atoms with E-state index in [0.29, 0.717) is 6.10 Å². The smallest absolute Gasteiger partial charge is 0.125 e. The number of rotatable bonds is 0. The SMILES string of the molecule is C[C@H]1CC2(SCCCS2)c2ccccc2O1. The number of ether oxygens (including phenoxy) is 1. The van der Waals surface area contributed by atoms with Gasteiger partial charge in [0.25, 0.3) is 0 Å². The molecule has 1 atom stereocenters. The number of fused-ring (bicyclic) bond motifs is 2. The van der Waals surface area contributed by atoms with E-state index in [2.05, 4.69) is 54.7 Å². The van der Waals surface area contributed by atoms with E-state index in [4.69, 9.17) is 4.74 Å². The number of hydrogen-bond donors (Lipinski definition) is 0. The zero-order chi connectivity index (χ0) is 11.0. The van der Waals surface area contributed by atoms with Gasteiger partial charge in [-0.15, -0.1) is 23.5 Å². The molecule has 0 radical (unpaired) electrons. The van der Waals surface area contributed by atoms with Crippen molar-refractivity contribution in [1.29, 1.82) is 0 Å². The van der Waals surface area contributed by atoms with E-state index < -0.39 is 0 Å². The Hall–Kier alpha value is -0.280. The summed E-state index contributed by atoms with van der Waals surface area (Å²) in [4.78, 5) is 0. The lowest BCUT2D eigenvalue weighted by atomic mass is 10.0. The van der Waals surface area contributed by atoms with Crippen LogP contribution in [0.1, 0.15) is 25.3 Å². The summed E-state index contributed by atoms with van der Waals surface area (Å²) in [7, 11) is 0. The third-order valence-electron chi connectivity index (χ3n) is 3.14. The van der Waals surface area contributed by atoms with Gasteiger partial charge in [0.15, 0.2) is 0 Å². The molecule has 3 rings (SSSR count). The molecule has 1 saturated heterocycles. The van der Waals surface area contributed by atoms with Gasteiger partial charge in [0.2, 0.25) is 0 Å². The molecule has 0 unspecified atom stereocenters. The summed E-state index contributed by atoms with van der Waals surface area (Å²) in [5.74, 6) is 3.67. The molecule has 0 saturated carbocycles. The topological polar surface area (TPSA) is 9.23 Å². The minimum absolute atomic E-state index is 0.270. The molecule has 2 aliphatic heterocycles. The number of benzene rings is 1. The first-order valence-corrected chi connectivity index (χ1v) is 7.81. The Morgan fingerprint density at radius 1 is 1.25 bits per heavy atom. The molecule has 16 heavy (non-hydrogen) atoms. The van der Waals surface area contributed by atoms with Crippen molar-refractivity contribution in [2.45, 2.75) is 29.9 Å². The Kier molecular flexibility index (Phi) is 2.84. The molecule has 1 nitrogen and oxygen atoms in total. The van der Waals surface area contributed by atoms with Crippen LogP contribution in [0.5, 0.6) is 5.75 Å². The van der Waals surface area contributed by atoms with Crippen molar-refractivity contribution in [2.75, 3.05) is 11.5 Å². The van der Waals surface area contributed by atoms with E-state index in [1.165, 1.54) is 23.5 Å². The molecule has 0 aromatic heterocycles. The van der Waals surface area contributed by atoms with Crippen LogP contribution in [0.3, 0.4) is 0 Å². The van der Waals surface area contributed by atoms with Crippen LogP contribution < -0.4 is 4.74 Å². The second-order valence-corrected chi connectivity index (χ2v) is 7.48. The van der Waals surface area contributed by atoms with Crippen LogP contribution in [0.4, 0.5) is 0 Å². The van der Waals surface area contributed by atoms with Crippen molar-refractivity contribution < 1.29 is 4.74 Å². The lowest BCUT2D eigenvalue weighted by Crippen LogP contribution is -2.34. The zero-order valence-corrected chi connectivity index (χ0v) is 11.1. The fourth-order valence-electron chi connectivity index (χ4n) is 2.48. The molecule has 0 amide bonds. The third-order valence-corrected chi connectivity index (χ3v) is 6.54. The lowest BCUT2D eigenvalue weighted by molar-refractivity contribution is 0.185. The average Bonchev–Trinajstić information content (AvgIpc) is 2.30. The predicted octanol–water partition coefficient (Wildman–Crippen LogP) is 3.88. The fraction of sp³-hybridized carbons (Fsp3) is 0.538. The fourth-order valence-corrected chi connectivity index (χ4v) is 6.09. The second-order valence-electron chi connectivity index (χ2n) is 4.43. The van der Waals surface area contributed by atoms with Crippen LogP contribution in [0.2, 0.25) is 0 Å². The van der Waals surface area contributed by atoms with Gasteiger partial charge in [-0.1, -0.05) is 18.2 Å². The van der Waals surface area contributed by atoms with E-state index in [-0.39, 0.29) is 4.08 Å². The maximum absolute atomic E-state index is 5.93. The summed E-state index contributed by atoms with van der Waals surface area (Å²) in [6.07, 6.45) is 2.82. The van der Waals surface area contributed by atoms with Crippen molar-refractivity contribution in [3.05, 3.63) is 29.8 Å². The van der Waals surface area contributed by atoms with Crippen LogP contribution in [-0.2, 0) is 4.08 Å². The standard InChI is InChI=1S/C13H16OS2/c1-10-9-13(15-7-4-8-16-13)11-5-2-3-6-12(11)14-10/h2-3,5-6,10H,4,7-9H2,1H3/t10-/m0/s1. The second kappa shape index (κ2) is 4.19. The van der Waals surface area contributed by atoms with E-state index in [1.54, 1.807) is 0 Å². The molecule has 1 spiro atoms. The van der Waals surface area contributed by atoms with E-state index in [1.807, 2.05) is 0 Å². The van der Waals surface area contributed by atoms with Crippen LogP contribution in [0, 0.1) is 0 Å². The Morgan fingerprint density at radius 2 is 2.00 bits per heavy atom. The summed E-state index contributed by atoms with van der Waals surface area (Å²) in [5.41, 5.74) is 1.41. The van der Waals surface area contributed by atoms with Crippen LogP contribution >= 0.6 is 23.5 Å². The molecule has 86 valence electrons. The summed E-state index contributed by atoms with van der Waals surface area (Å²) in [5, 5.41) is 0. The molecule has 1 aromatic carbocycles. The zero-order valence-electron chi connectivity index (χ0n) is 9.44. The van der Waals surface area contributed by atoms with Gasteiger partial charge in [0, 0.05) is 12.0 Å². The summed E-state index contributed by atoms with van der Waals surface area (Å²) in [6, 6.07) is 8.56. The van der Waals surface area contributed by atoms with Crippen molar-refractivity contribution in [3.8, 4) is 5.75 Å². The Bertz CT molecular complexity index is 385. The van der Waals surface area contributed by atoms with Crippen molar-refractivity contribution in [1.82, 2.24) is 0 Å². The lowest BCUT2D eigenvalue weighted by Gasteiger charge is -2.42. The highest BCUT2D eigenvalue weighted by molar-refractivity contribution is 8.18. The molecule has 1 aromatic rings. The molecular formula is C13H16OS2. The van der Waals surface area contributed by atoms with Crippen molar-refractivity contribution in [2.24, 2.45) is 0 Å². The number of para-hydroxylation sites is 1. The molecule has 1 fully saturated rings. The molecule has 2 heterocycles. The Balaban J connectivity index is 2.05. The van der Waals surface area contributed by atoms with Gasteiger partial charge in [-0.05, 0) is 30.9 Å². The molecule has 0 aliphatic carbocycles. The summed E-state index contributed by atoms with van der Waals surface area (Å²) < 4.78 is 6.20. The molecule has 3 heteroatoms. The first-order chi connectivity index (χ1) is 7.80. The molecule has 0 N–H and O–H groups in total. The largest absolute Gasteiger partial charge is 0.490 e. The highest BCUT2D eigenvalue weighted by atomic mass is 32.2. The van der Waals surface area contributed by atoms with Gasteiger partial charge in [-0.25, -0.2) is 0 Å². The number of thioether (sulfide) groups is 2. The minimum atomic E-state index is 0.270. The van der Waals surface area contributed by atoms with Crippen LogP contribution in [0.15, 0.2) is 24.3 Å². The van der Waals surface area contributed by atoms with E-state index in [9.17, 15) is 0 Å². The van der Waals surface area contributed by atoms with Crippen LogP contribution in [0.25, 0.3) is 0 Å². The van der Waals surface area contributed by atoms with E-state index >= 15 is 0 Å². The third kappa shape index (κ3) is 1.74. The quantitative estimate of drug-likeness (QED) is 0.693. The van der Waals surface area contributed by atoms with Gasteiger partial charge in [0.1, 0.15) is 5.75 Å². The van der Waals surface area contributed by atoms with E-state index in [0.717, 1.165) is 12.2 Å². The maximum atomic E-state index is 5.93. The number of hydrogen-bond acceptors (Lipinski definition) is 3. The van der Waals surface area contributed by atoms with Gasteiger partial charge in [0.05, 0.1) is 10.2 Å². The summed E-state index contributed by atoms with van der Waals surface area (Å²) >= 11 is 4.23. The van der Waals surface area contributed by atoms with Gasteiger partial charge in [-0.3, -0.25) is 0 Å². The maximum Gasteiger partial charge on any atom is 0.125 e. The first-order valence-electron chi connectivity index (χ1n) is 5.84. The normalized spacial score (nSPS) is 27.2. The molecule has 0 bridgehead atoms. The highest BCUT2D eigenvalue weighted by Gasteiger charge is 2.42. The average molecular weight is 252 g/mol. The molecular weight excluding hydrogens is 236 g/mol. The monoisotopic (exact) mass is 252 g/mol. The predicted molar refractivity (Wildman–Crippen MR) is 72.4 cm³/mol. The minimum Gasteiger partial charge on any atom is -0.490 e. The summed E-state index contributed by atoms with van der Waals surface area (Å²) in [6.45, 7) is 2.19.